The molecule has 3 nitrogen and oxygen atoms in total. The second kappa shape index (κ2) is 4.69. The molecule has 2 saturated heterocycles. The maximum absolute atomic E-state index is 11.8. The second-order valence-corrected chi connectivity index (χ2v) is 8.48. The van der Waals surface area contributed by atoms with Gasteiger partial charge in [0, 0.05) is 12.0 Å². The first-order chi connectivity index (χ1) is 9.33. The molecule has 3 heteroatoms. The zero-order valence-electron chi connectivity index (χ0n) is 13.3. The Bertz CT molecular complexity index is 378. The van der Waals surface area contributed by atoms with Crippen LogP contribution in [0.5, 0.6) is 0 Å². The van der Waals surface area contributed by atoms with Crippen molar-refractivity contribution in [3.05, 3.63) is 0 Å². The lowest BCUT2D eigenvalue weighted by molar-refractivity contribution is -0.188. The van der Waals surface area contributed by atoms with E-state index in [0.717, 1.165) is 38.5 Å². The van der Waals surface area contributed by atoms with Crippen molar-refractivity contribution in [1.29, 1.82) is 0 Å². The van der Waals surface area contributed by atoms with Crippen LogP contribution in [0.2, 0.25) is 0 Å². The molecule has 0 spiro atoms. The molecule has 116 valence electrons. The van der Waals surface area contributed by atoms with Gasteiger partial charge in [-0.1, -0.05) is 33.6 Å². The summed E-state index contributed by atoms with van der Waals surface area (Å²) in [6.45, 7) is 7.38. The molecule has 0 radical (unpaired) electrons. The number of ether oxygens (including phenoxy) is 1. The van der Waals surface area contributed by atoms with Crippen molar-refractivity contribution >= 4 is 0 Å². The van der Waals surface area contributed by atoms with Gasteiger partial charge < -0.3 is 15.6 Å². The van der Waals surface area contributed by atoms with Crippen LogP contribution >= 0.6 is 0 Å². The van der Waals surface area contributed by atoms with E-state index in [1.807, 2.05) is 0 Å². The molecule has 5 unspecified atom stereocenters. The van der Waals surface area contributed by atoms with Crippen molar-refractivity contribution in [2.24, 2.45) is 22.5 Å². The van der Waals surface area contributed by atoms with Crippen LogP contribution in [0.15, 0.2) is 0 Å². The highest BCUT2D eigenvalue weighted by Gasteiger charge is 2.65. The molecule has 2 aliphatic heterocycles. The predicted octanol–water partition coefficient (Wildman–Crippen LogP) is 2.85. The SMILES string of the molecule is CC(C)(C)C1CCCCC1(O)C1(CN)CC2CCC1O2. The lowest BCUT2D eigenvalue weighted by Gasteiger charge is -2.57. The zero-order valence-corrected chi connectivity index (χ0v) is 13.3. The fourth-order valence-corrected chi connectivity index (χ4v) is 5.55. The molecule has 0 amide bonds. The highest BCUT2D eigenvalue weighted by Crippen LogP contribution is 2.61. The molecule has 3 rings (SSSR count). The predicted molar refractivity (Wildman–Crippen MR) is 80.4 cm³/mol. The van der Waals surface area contributed by atoms with Crippen LogP contribution in [-0.2, 0) is 4.74 Å². The highest BCUT2D eigenvalue weighted by atomic mass is 16.5. The summed E-state index contributed by atoms with van der Waals surface area (Å²) in [4.78, 5) is 0. The number of rotatable bonds is 2. The van der Waals surface area contributed by atoms with Gasteiger partial charge in [-0.2, -0.15) is 0 Å². The van der Waals surface area contributed by atoms with E-state index in [2.05, 4.69) is 20.8 Å². The number of hydrogen-bond donors (Lipinski definition) is 2. The van der Waals surface area contributed by atoms with Gasteiger partial charge in [-0.15, -0.1) is 0 Å². The Balaban J connectivity index is 1.99. The largest absolute Gasteiger partial charge is 0.389 e. The molecule has 3 N–H and O–H groups in total. The lowest BCUT2D eigenvalue weighted by atomic mass is 9.51. The van der Waals surface area contributed by atoms with Gasteiger partial charge >= 0.3 is 0 Å². The summed E-state index contributed by atoms with van der Waals surface area (Å²) in [5.74, 6) is 0.329. The molecule has 2 heterocycles. The van der Waals surface area contributed by atoms with Crippen LogP contribution in [0, 0.1) is 16.7 Å². The minimum absolute atomic E-state index is 0.124. The summed E-state index contributed by atoms with van der Waals surface area (Å²) < 4.78 is 6.12. The molecule has 3 fully saturated rings. The first-order valence-electron chi connectivity index (χ1n) is 8.41. The Morgan fingerprint density at radius 2 is 1.95 bits per heavy atom. The third-order valence-electron chi connectivity index (χ3n) is 6.46. The van der Waals surface area contributed by atoms with Gasteiger partial charge in [0.1, 0.15) is 0 Å². The standard InChI is InChI=1S/C17H31NO2/c1-15(2,3)13-6-4-5-9-17(13,19)16(11-18)10-12-7-8-14(16)20-12/h12-14,19H,4-11,18H2,1-3H3. The van der Waals surface area contributed by atoms with Crippen LogP contribution in [0.4, 0.5) is 0 Å². The van der Waals surface area contributed by atoms with E-state index in [1.54, 1.807) is 0 Å². The molecule has 0 aromatic rings. The monoisotopic (exact) mass is 281 g/mol. The highest BCUT2D eigenvalue weighted by molar-refractivity contribution is 5.15. The van der Waals surface area contributed by atoms with Crippen LogP contribution in [0.3, 0.4) is 0 Å². The Morgan fingerprint density at radius 1 is 1.20 bits per heavy atom. The summed E-state index contributed by atoms with van der Waals surface area (Å²) in [5, 5.41) is 11.8. The van der Waals surface area contributed by atoms with Crippen LogP contribution < -0.4 is 5.73 Å². The van der Waals surface area contributed by atoms with E-state index < -0.39 is 5.60 Å². The molecule has 1 aliphatic carbocycles. The van der Waals surface area contributed by atoms with Crippen molar-refractivity contribution in [2.75, 3.05) is 6.54 Å². The van der Waals surface area contributed by atoms with Gasteiger partial charge in [0.05, 0.1) is 17.8 Å². The van der Waals surface area contributed by atoms with E-state index in [0.29, 0.717) is 18.6 Å². The van der Waals surface area contributed by atoms with E-state index in [4.69, 9.17) is 10.5 Å². The van der Waals surface area contributed by atoms with Crippen molar-refractivity contribution in [3.8, 4) is 0 Å². The average Bonchev–Trinajstić information content (AvgIpc) is 2.98. The minimum Gasteiger partial charge on any atom is -0.389 e. The second-order valence-electron chi connectivity index (χ2n) is 8.48. The molecule has 0 aromatic carbocycles. The van der Waals surface area contributed by atoms with Gasteiger partial charge in [0.2, 0.25) is 0 Å². The Labute approximate surface area is 123 Å². The first-order valence-corrected chi connectivity index (χ1v) is 8.41. The summed E-state index contributed by atoms with van der Waals surface area (Å²) in [5.41, 5.74) is 5.52. The van der Waals surface area contributed by atoms with Crippen molar-refractivity contribution in [3.63, 3.8) is 0 Å². The van der Waals surface area contributed by atoms with E-state index in [9.17, 15) is 5.11 Å². The Kier molecular flexibility index (Phi) is 3.47. The molecule has 5 atom stereocenters. The summed E-state index contributed by atoms with van der Waals surface area (Å²) in [6, 6.07) is 0. The summed E-state index contributed by atoms with van der Waals surface area (Å²) in [7, 11) is 0. The number of hydrogen-bond acceptors (Lipinski definition) is 3. The van der Waals surface area contributed by atoms with Crippen LogP contribution in [0.1, 0.15) is 65.7 Å². The van der Waals surface area contributed by atoms with E-state index in [1.165, 1.54) is 6.42 Å². The molecule has 3 aliphatic rings. The van der Waals surface area contributed by atoms with Gasteiger partial charge in [-0.05, 0) is 43.4 Å². The molecule has 1 saturated carbocycles. The van der Waals surface area contributed by atoms with Crippen molar-refractivity contribution in [2.45, 2.75) is 83.5 Å². The number of aliphatic hydroxyl groups is 1. The number of nitrogens with two attached hydrogens (primary N) is 1. The fraction of sp³-hybridized carbons (Fsp3) is 1.00. The molecule has 0 aromatic heterocycles. The Morgan fingerprint density at radius 3 is 2.45 bits per heavy atom. The smallest absolute Gasteiger partial charge is 0.0774 e. The van der Waals surface area contributed by atoms with E-state index in [-0.39, 0.29) is 16.9 Å². The van der Waals surface area contributed by atoms with Gasteiger partial charge in [-0.25, -0.2) is 0 Å². The molecule has 20 heavy (non-hydrogen) atoms. The van der Waals surface area contributed by atoms with Crippen molar-refractivity contribution < 1.29 is 9.84 Å². The van der Waals surface area contributed by atoms with Gasteiger partial charge in [0.15, 0.2) is 0 Å². The number of fused-ring (bicyclic) bond motifs is 2. The lowest BCUT2D eigenvalue weighted by Crippen LogP contribution is -2.64. The molecular formula is C17H31NO2. The maximum Gasteiger partial charge on any atom is 0.0774 e. The normalized spacial score (nSPS) is 48.8. The van der Waals surface area contributed by atoms with E-state index >= 15 is 0 Å². The van der Waals surface area contributed by atoms with Gasteiger partial charge in [0.25, 0.3) is 0 Å². The first kappa shape index (κ1) is 14.8. The van der Waals surface area contributed by atoms with Crippen LogP contribution in [-0.4, -0.2) is 29.5 Å². The zero-order chi connectivity index (χ0) is 14.6. The Hall–Kier alpha value is -0.120. The van der Waals surface area contributed by atoms with Crippen molar-refractivity contribution in [1.82, 2.24) is 0 Å². The third kappa shape index (κ3) is 1.89. The summed E-state index contributed by atoms with van der Waals surface area (Å²) in [6.07, 6.45) is 8.13. The minimum atomic E-state index is -0.641. The maximum atomic E-state index is 11.8. The molecular weight excluding hydrogens is 250 g/mol. The average molecular weight is 281 g/mol. The summed E-state index contributed by atoms with van der Waals surface area (Å²) >= 11 is 0. The quantitative estimate of drug-likeness (QED) is 0.818. The van der Waals surface area contributed by atoms with Gasteiger partial charge in [-0.3, -0.25) is 0 Å². The fourth-order valence-electron chi connectivity index (χ4n) is 5.55. The third-order valence-corrected chi connectivity index (χ3v) is 6.46. The van der Waals surface area contributed by atoms with Crippen LogP contribution in [0.25, 0.3) is 0 Å². The topological polar surface area (TPSA) is 55.5 Å². The molecule has 2 bridgehead atoms.